The zero-order valence-electron chi connectivity index (χ0n) is 9.11. The number of nitrogens with zero attached hydrogens (tertiary/aromatic N) is 1. The van der Waals surface area contributed by atoms with E-state index in [0.29, 0.717) is 16.5 Å². The van der Waals surface area contributed by atoms with Crippen LogP contribution in [0, 0.1) is 0 Å². The van der Waals surface area contributed by atoms with Gasteiger partial charge in [0.15, 0.2) is 0 Å². The van der Waals surface area contributed by atoms with Crippen molar-refractivity contribution >= 4 is 28.5 Å². The van der Waals surface area contributed by atoms with Crippen LogP contribution < -0.4 is 4.74 Å². The number of aliphatic carboxylic acids is 1. The summed E-state index contributed by atoms with van der Waals surface area (Å²) in [5.41, 5.74) is 1.44. The molecule has 0 fully saturated rings. The lowest BCUT2D eigenvalue weighted by molar-refractivity contribution is -0.136. The molecule has 1 aromatic carbocycles. The molecule has 0 atom stereocenters. The van der Waals surface area contributed by atoms with Gasteiger partial charge in [0.1, 0.15) is 5.02 Å². The van der Waals surface area contributed by atoms with E-state index < -0.39 is 5.97 Å². The van der Waals surface area contributed by atoms with E-state index in [9.17, 15) is 4.79 Å². The van der Waals surface area contributed by atoms with Gasteiger partial charge in [0.05, 0.1) is 19.0 Å². The van der Waals surface area contributed by atoms with Gasteiger partial charge in [0, 0.05) is 5.39 Å². The molecule has 0 aliphatic heterocycles. The molecule has 0 radical (unpaired) electrons. The Labute approximate surface area is 103 Å². The highest BCUT2D eigenvalue weighted by molar-refractivity contribution is 6.32. The van der Waals surface area contributed by atoms with E-state index in [1.807, 2.05) is 0 Å². The highest BCUT2D eigenvalue weighted by Gasteiger charge is 2.07. The predicted molar refractivity (Wildman–Crippen MR) is 64.6 cm³/mol. The second-order valence-corrected chi connectivity index (χ2v) is 3.98. The molecule has 0 aliphatic rings. The topological polar surface area (TPSA) is 59.4 Å². The van der Waals surface area contributed by atoms with Gasteiger partial charge in [-0.1, -0.05) is 17.7 Å². The molecule has 0 amide bonds. The number of fused-ring (bicyclic) bond motifs is 1. The molecule has 0 saturated heterocycles. The van der Waals surface area contributed by atoms with Gasteiger partial charge in [-0.3, -0.25) is 4.79 Å². The number of benzene rings is 1. The largest absolute Gasteiger partial charge is 0.481 e. The van der Waals surface area contributed by atoms with Crippen molar-refractivity contribution in [2.45, 2.75) is 6.42 Å². The molecule has 1 N–H and O–H groups in total. The van der Waals surface area contributed by atoms with Crippen molar-refractivity contribution in [3.05, 3.63) is 34.9 Å². The minimum atomic E-state index is -0.864. The number of carboxylic acid groups (broad SMARTS) is 1. The van der Waals surface area contributed by atoms with Gasteiger partial charge in [0.2, 0.25) is 5.88 Å². The van der Waals surface area contributed by atoms with Crippen LogP contribution in [0.25, 0.3) is 10.9 Å². The quantitative estimate of drug-likeness (QED) is 0.911. The van der Waals surface area contributed by atoms with E-state index in [1.165, 1.54) is 7.11 Å². The summed E-state index contributed by atoms with van der Waals surface area (Å²) in [5.74, 6) is -0.498. The SMILES string of the molecule is COc1nc2ccc(CC(=O)O)cc2cc1Cl. The number of rotatable bonds is 3. The molecule has 2 aromatic rings. The third kappa shape index (κ3) is 2.47. The summed E-state index contributed by atoms with van der Waals surface area (Å²) in [5, 5.41) is 9.92. The molecular formula is C12H10ClNO3. The van der Waals surface area contributed by atoms with Crippen LogP contribution in [-0.2, 0) is 11.2 Å². The van der Waals surface area contributed by atoms with Gasteiger partial charge >= 0.3 is 5.97 Å². The first-order valence-electron chi connectivity index (χ1n) is 4.95. The Morgan fingerprint density at radius 2 is 2.24 bits per heavy atom. The average Bonchev–Trinajstić information content (AvgIpc) is 2.27. The third-order valence-corrected chi connectivity index (χ3v) is 2.62. The molecule has 88 valence electrons. The van der Waals surface area contributed by atoms with E-state index in [0.717, 1.165) is 10.9 Å². The van der Waals surface area contributed by atoms with Crippen molar-refractivity contribution in [3.63, 3.8) is 0 Å². The molecule has 1 aromatic heterocycles. The summed E-state index contributed by atoms with van der Waals surface area (Å²) in [6, 6.07) is 6.97. The van der Waals surface area contributed by atoms with Crippen LogP contribution in [0.5, 0.6) is 5.88 Å². The van der Waals surface area contributed by atoms with Gasteiger partial charge in [-0.15, -0.1) is 0 Å². The summed E-state index contributed by atoms with van der Waals surface area (Å²) >= 11 is 5.96. The van der Waals surface area contributed by atoms with E-state index >= 15 is 0 Å². The molecule has 0 saturated carbocycles. The summed E-state index contributed by atoms with van der Waals surface area (Å²) < 4.78 is 5.01. The lowest BCUT2D eigenvalue weighted by Crippen LogP contribution is -2.00. The highest BCUT2D eigenvalue weighted by atomic mass is 35.5. The Hall–Kier alpha value is -1.81. The number of halogens is 1. The third-order valence-electron chi connectivity index (χ3n) is 2.35. The Balaban J connectivity index is 2.51. The molecule has 0 unspecified atom stereocenters. The smallest absolute Gasteiger partial charge is 0.307 e. The minimum Gasteiger partial charge on any atom is -0.481 e. The highest BCUT2D eigenvalue weighted by Crippen LogP contribution is 2.26. The minimum absolute atomic E-state index is 0.0143. The predicted octanol–water partition coefficient (Wildman–Crippen LogP) is 2.52. The lowest BCUT2D eigenvalue weighted by Gasteiger charge is -2.05. The first kappa shape index (κ1) is 11.7. The van der Waals surface area contributed by atoms with Crippen LogP contribution in [0.3, 0.4) is 0 Å². The average molecular weight is 252 g/mol. The molecule has 4 nitrogen and oxygen atoms in total. The molecule has 0 bridgehead atoms. The number of carbonyl (C=O) groups is 1. The summed E-state index contributed by atoms with van der Waals surface area (Å²) in [7, 11) is 1.50. The van der Waals surface area contributed by atoms with Crippen LogP contribution in [0.2, 0.25) is 5.02 Å². The maximum atomic E-state index is 10.6. The van der Waals surface area contributed by atoms with Gasteiger partial charge in [-0.2, -0.15) is 0 Å². The monoisotopic (exact) mass is 251 g/mol. The van der Waals surface area contributed by atoms with E-state index in [-0.39, 0.29) is 6.42 Å². The molecule has 1 heterocycles. The number of carboxylic acids is 1. The maximum absolute atomic E-state index is 10.6. The molecule has 17 heavy (non-hydrogen) atoms. The van der Waals surface area contributed by atoms with Crippen molar-refractivity contribution in [1.29, 1.82) is 0 Å². The number of pyridine rings is 1. The molecule has 2 rings (SSSR count). The summed E-state index contributed by atoms with van der Waals surface area (Å²) in [6.07, 6.45) is -0.0143. The number of aromatic nitrogens is 1. The zero-order chi connectivity index (χ0) is 12.4. The van der Waals surface area contributed by atoms with Gasteiger partial charge < -0.3 is 9.84 Å². The Morgan fingerprint density at radius 3 is 2.88 bits per heavy atom. The van der Waals surface area contributed by atoms with Crippen molar-refractivity contribution < 1.29 is 14.6 Å². The normalized spacial score (nSPS) is 10.5. The molecule has 5 heteroatoms. The van der Waals surface area contributed by atoms with Gasteiger partial charge in [-0.25, -0.2) is 4.98 Å². The van der Waals surface area contributed by atoms with Crippen LogP contribution in [0.15, 0.2) is 24.3 Å². The van der Waals surface area contributed by atoms with Crippen molar-refractivity contribution in [1.82, 2.24) is 4.98 Å². The van der Waals surface area contributed by atoms with Crippen LogP contribution >= 0.6 is 11.6 Å². The van der Waals surface area contributed by atoms with E-state index in [2.05, 4.69) is 4.98 Å². The van der Waals surface area contributed by atoms with Crippen molar-refractivity contribution in [2.24, 2.45) is 0 Å². The fraction of sp³-hybridized carbons (Fsp3) is 0.167. The second kappa shape index (κ2) is 4.59. The van der Waals surface area contributed by atoms with Crippen LogP contribution in [-0.4, -0.2) is 23.2 Å². The summed E-state index contributed by atoms with van der Waals surface area (Å²) in [4.78, 5) is 14.8. The molecular weight excluding hydrogens is 242 g/mol. The standard InChI is InChI=1S/C12H10ClNO3/c1-17-12-9(13)6-8-4-7(5-11(15)16)2-3-10(8)14-12/h2-4,6H,5H2,1H3,(H,15,16). The zero-order valence-corrected chi connectivity index (χ0v) is 9.86. The van der Waals surface area contributed by atoms with Crippen LogP contribution in [0.4, 0.5) is 0 Å². The van der Waals surface area contributed by atoms with Crippen molar-refractivity contribution in [2.75, 3.05) is 7.11 Å². The number of ether oxygens (including phenoxy) is 1. The van der Waals surface area contributed by atoms with Gasteiger partial charge in [-0.05, 0) is 23.8 Å². The van der Waals surface area contributed by atoms with Crippen LogP contribution in [0.1, 0.15) is 5.56 Å². The van der Waals surface area contributed by atoms with Gasteiger partial charge in [0.25, 0.3) is 0 Å². The lowest BCUT2D eigenvalue weighted by atomic mass is 10.1. The molecule has 0 aliphatic carbocycles. The number of hydrogen-bond acceptors (Lipinski definition) is 3. The van der Waals surface area contributed by atoms with E-state index in [1.54, 1.807) is 24.3 Å². The Morgan fingerprint density at radius 1 is 1.47 bits per heavy atom. The summed E-state index contributed by atoms with van der Waals surface area (Å²) in [6.45, 7) is 0. The molecule has 0 spiro atoms. The van der Waals surface area contributed by atoms with E-state index in [4.69, 9.17) is 21.4 Å². The fourth-order valence-electron chi connectivity index (χ4n) is 1.61. The first-order valence-corrected chi connectivity index (χ1v) is 5.33. The van der Waals surface area contributed by atoms with Crippen molar-refractivity contribution in [3.8, 4) is 5.88 Å². The first-order chi connectivity index (χ1) is 8.10. The Bertz CT molecular complexity index is 583. The second-order valence-electron chi connectivity index (χ2n) is 3.58. The Kier molecular flexibility index (Phi) is 3.15. The fourth-order valence-corrected chi connectivity index (χ4v) is 1.85. The number of methoxy groups -OCH3 is 1. The number of hydrogen-bond donors (Lipinski definition) is 1. The maximum Gasteiger partial charge on any atom is 0.307 e.